The van der Waals surface area contributed by atoms with Crippen LogP contribution in [0.25, 0.3) is 0 Å². The van der Waals surface area contributed by atoms with Crippen molar-refractivity contribution in [2.75, 3.05) is 37.6 Å². The highest BCUT2D eigenvalue weighted by atomic mass is 35.5. The number of piperazine rings is 1. The van der Waals surface area contributed by atoms with E-state index in [1.165, 1.54) is 5.69 Å². The van der Waals surface area contributed by atoms with Crippen LogP contribution in [0, 0.1) is 0 Å². The van der Waals surface area contributed by atoms with Crippen molar-refractivity contribution >= 4 is 17.3 Å². The van der Waals surface area contributed by atoms with Gasteiger partial charge in [-0.15, -0.1) is 0 Å². The second-order valence-corrected chi connectivity index (χ2v) is 6.25. The monoisotopic (exact) mass is 295 g/mol. The maximum Gasteiger partial charge on any atom is 0.0407 e. The van der Waals surface area contributed by atoms with Crippen LogP contribution in [0.4, 0.5) is 5.69 Å². The van der Waals surface area contributed by atoms with E-state index in [1.807, 2.05) is 12.1 Å². The summed E-state index contributed by atoms with van der Waals surface area (Å²) in [4.78, 5) is 4.92. The van der Waals surface area contributed by atoms with Crippen LogP contribution in [-0.2, 0) is 0 Å². The van der Waals surface area contributed by atoms with Gasteiger partial charge in [-0.25, -0.2) is 0 Å². The fraction of sp³-hybridized carbons (Fsp3) is 0.625. The van der Waals surface area contributed by atoms with Gasteiger partial charge in [0.1, 0.15) is 0 Å². The van der Waals surface area contributed by atoms with E-state index in [0.717, 1.165) is 50.6 Å². The highest BCUT2D eigenvalue weighted by molar-refractivity contribution is 6.30. The van der Waals surface area contributed by atoms with Gasteiger partial charge in [-0.3, -0.25) is 4.90 Å². The van der Waals surface area contributed by atoms with Crippen LogP contribution in [0.1, 0.15) is 26.7 Å². The van der Waals surface area contributed by atoms with Gasteiger partial charge >= 0.3 is 0 Å². The Kier molecular flexibility index (Phi) is 5.30. The zero-order valence-electron chi connectivity index (χ0n) is 12.6. The molecule has 2 rings (SSSR count). The van der Waals surface area contributed by atoms with Gasteiger partial charge in [0.05, 0.1) is 0 Å². The smallest absolute Gasteiger partial charge is 0.0407 e. The fourth-order valence-electron chi connectivity index (χ4n) is 2.74. The van der Waals surface area contributed by atoms with Gasteiger partial charge in [0.25, 0.3) is 0 Å². The normalized spacial score (nSPS) is 17.5. The molecule has 0 atom stereocenters. The second kappa shape index (κ2) is 6.79. The summed E-state index contributed by atoms with van der Waals surface area (Å²) in [5.74, 6) is 0. The predicted molar refractivity (Wildman–Crippen MR) is 87.6 cm³/mol. The van der Waals surface area contributed by atoms with Crippen LogP contribution in [0.2, 0.25) is 5.02 Å². The van der Waals surface area contributed by atoms with Crippen LogP contribution in [-0.4, -0.2) is 43.2 Å². The Bertz CT molecular complexity index is 406. The lowest BCUT2D eigenvalue weighted by Crippen LogP contribution is -2.55. The number of nitrogens with zero attached hydrogens (tertiary/aromatic N) is 2. The zero-order chi connectivity index (χ0) is 14.6. The third-order valence-electron chi connectivity index (χ3n) is 4.51. The molecule has 1 saturated heterocycles. The molecule has 0 aromatic heterocycles. The van der Waals surface area contributed by atoms with E-state index in [1.54, 1.807) is 0 Å². The molecule has 1 fully saturated rings. The van der Waals surface area contributed by atoms with Crippen molar-refractivity contribution in [3.05, 3.63) is 29.3 Å². The molecular weight excluding hydrogens is 270 g/mol. The molecule has 0 saturated carbocycles. The van der Waals surface area contributed by atoms with Crippen molar-refractivity contribution in [2.45, 2.75) is 32.2 Å². The molecule has 0 bridgehead atoms. The maximum atomic E-state index is 6.42. The summed E-state index contributed by atoms with van der Waals surface area (Å²) in [6.07, 6.45) is 2.09. The van der Waals surface area contributed by atoms with Gasteiger partial charge in [0.15, 0.2) is 0 Å². The molecule has 20 heavy (non-hydrogen) atoms. The molecule has 0 spiro atoms. The molecule has 1 aromatic carbocycles. The summed E-state index contributed by atoms with van der Waals surface area (Å²) in [7, 11) is 0. The van der Waals surface area contributed by atoms with Crippen LogP contribution in [0.3, 0.4) is 0 Å². The minimum Gasteiger partial charge on any atom is -0.369 e. The minimum atomic E-state index is -0.0254. The van der Waals surface area contributed by atoms with Gasteiger partial charge in [0.2, 0.25) is 0 Å². The molecule has 1 aromatic rings. The first-order chi connectivity index (χ1) is 9.56. The van der Waals surface area contributed by atoms with E-state index in [4.69, 9.17) is 17.3 Å². The fourth-order valence-corrected chi connectivity index (χ4v) is 2.86. The van der Waals surface area contributed by atoms with Gasteiger partial charge in [0, 0.05) is 49.0 Å². The third-order valence-corrected chi connectivity index (χ3v) is 4.76. The number of anilines is 1. The average molecular weight is 296 g/mol. The first kappa shape index (κ1) is 15.6. The maximum absolute atomic E-state index is 6.42. The SMILES string of the molecule is CCC(N)(CC)CN1CCN(c2ccc(Cl)cc2)CC1. The van der Waals surface area contributed by atoms with Crippen molar-refractivity contribution in [2.24, 2.45) is 5.73 Å². The lowest BCUT2D eigenvalue weighted by atomic mass is 9.93. The second-order valence-electron chi connectivity index (χ2n) is 5.81. The molecule has 1 heterocycles. The van der Waals surface area contributed by atoms with Crippen LogP contribution in [0.5, 0.6) is 0 Å². The Morgan fingerprint density at radius 3 is 2.10 bits per heavy atom. The van der Waals surface area contributed by atoms with Crippen LogP contribution in [0.15, 0.2) is 24.3 Å². The Morgan fingerprint density at radius 1 is 1.05 bits per heavy atom. The molecule has 0 unspecified atom stereocenters. The molecular formula is C16H26ClN3. The Morgan fingerprint density at radius 2 is 1.60 bits per heavy atom. The van der Waals surface area contributed by atoms with Crippen LogP contribution < -0.4 is 10.6 Å². The van der Waals surface area contributed by atoms with Gasteiger partial charge in [-0.1, -0.05) is 25.4 Å². The third kappa shape index (κ3) is 3.87. The quantitative estimate of drug-likeness (QED) is 0.906. The standard InChI is InChI=1S/C16H26ClN3/c1-3-16(18,4-2)13-19-9-11-20(12-10-19)15-7-5-14(17)6-8-15/h5-8H,3-4,9-13,18H2,1-2H3. The molecule has 0 radical (unpaired) electrons. The lowest BCUT2D eigenvalue weighted by molar-refractivity contribution is 0.190. The summed E-state index contributed by atoms with van der Waals surface area (Å²) in [6.45, 7) is 9.68. The van der Waals surface area contributed by atoms with E-state index in [0.29, 0.717) is 0 Å². The lowest BCUT2D eigenvalue weighted by Gasteiger charge is -2.40. The Hall–Kier alpha value is -0.770. The summed E-state index contributed by atoms with van der Waals surface area (Å²) >= 11 is 5.94. The van der Waals surface area contributed by atoms with Crippen molar-refractivity contribution in [3.63, 3.8) is 0 Å². The first-order valence-electron chi connectivity index (χ1n) is 7.58. The molecule has 3 nitrogen and oxygen atoms in total. The van der Waals surface area contributed by atoms with Crippen molar-refractivity contribution < 1.29 is 0 Å². The van der Waals surface area contributed by atoms with Crippen molar-refractivity contribution in [3.8, 4) is 0 Å². The molecule has 1 aliphatic rings. The highest BCUT2D eigenvalue weighted by Crippen LogP contribution is 2.20. The van der Waals surface area contributed by atoms with E-state index in [-0.39, 0.29) is 5.54 Å². The predicted octanol–water partition coefficient (Wildman–Crippen LogP) is 2.98. The largest absolute Gasteiger partial charge is 0.369 e. The summed E-state index contributed by atoms with van der Waals surface area (Å²) < 4.78 is 0. The molecule has 0 aliphatic carbocycles. The molecule has 2 N–H and O–H groups in total. The summed E-state index contributed by atoms with van der Waals surface area (Å²) in [6, 6.07) is 8.12. The number of hydrogen-bond donors (Lipinski definition) is 1. The number of rotatable bonds is 5. The van der Waals surface area contributed by atoms with Crippen molar-refractivity contribution in [1.82, 2.24) is 4.90 Å². The molecule has 1 aliphatic heterocycles. The highest BCUT2D eigenvalue weighted by Gasteiger charge is 2.26. The molecule has 4 heteroatoms. The van der Waals surface area contributed by atoms with Gasteiger partial charge in [-0.05, 0) is 37.1 Å². The number of nitrogens with two attached hydrogens (primary N) is 1. The summed E-state index contributed by atoms with van der Waals surface area (Å²) in [5.41, 5.74) is 7.66. The zero-order valence-corrected chi connectivity index (χ0v) is 13.4. The topological polar surface area (TPSA) is 32.5 Å². The van der Waals surface area contributed by atoms with E-state index in [9.17, 15) is 0 Å². The molecule has 0 amide bonds. The van der Waals surface area contributed by atoms with Gasteiger partial charge in [-0.2, -0.15) is 0 Å². The van der Waals surface area contributed by atoms with Crippen LogP contribution >= 0.6 is 11.6 Å². The average Bonchev–Trinajstić information content (AvgIpc) is 2.49. The minimum absolute atomic E-state index is 0.0254. The van der Waals surface area contributed by atoms with E-state index < -0.39 is 0 Å². The molecule has 112 valence electrons. The Labute approximate surface area is 127 Å². The Balaban J connectivity index is 1.87. The first-order valence-corrected chi connectivity index (χ1v) is 7.96. The van der Waals surface area contributed by atoms with Crippen molar-refractivity contribution in [1.29, 1.82) is 0 Å². The summed E-state index contributed by atoms with van der Waals surface area (Å²) in [5, 5.41) is 0.797. The number of halogens is 1. The van der Waals surface area contributed by atoms with E-state index in [2.05, 4.69) is 35.8 Å². The van der Waals surface area contributed by atoms with E-state index >= 15 is 0 Å². The number of hydrogen-bond acceptors (Lipinski definition) is 3. The number of benzene rings is 1. The van der Waals surface area contributed by atoms with Gasteiger partial charge < -0.3 is 10.6 Å².